The van der Waals surface area contributed by atoms with E-state index in [1.54, 1.807) is 29.8 Å². The highest BCUT2D eigenvalue weighted by molar-refractivity contribution is 7.08. The van der Waals surface area contributed by atoms with E-state index >= 15 is 0 Å². The third-order valence-corrected chi connectivity index (χ3v) is 5.26. The summed E-state index contributed by atoms with van der Waals surface area (Å²) in [7, 11) is 0. The van der Waals surface area contributed by atoms with Crippen LogP contribution in [0.15, 0.2) is 41.4 Å². The lowest BCUT2D eigenvalue weighted by Gasteiger charge is -2.34. The number of benzene rings is 1. The van der Waals surface area contributed by atoms with Crippen LogP contribution in [0.25, 0.3) is 0 Å². The first-order chi connectivity index (χ1) is 12.1. The Morgan fingerprint density at radius 3 is 3.04 bits per heavy atom. The summed E-state index contributed by atoms with van der Waals surface area (Å²) in [6, 6.07) is 6.91. The lowest BCUT2D eigenvalue weighted by Crippen LogP contribution is -2.35. The van der Waals surface area contributed by atoms with Crippen molar-refractivity contribution < 1.29 is 15.0 Å². The predicted octanol–water partition coefficient (Wildman–Crippen LogP) is 3.02. The normalized spacial score (nSPS) is 17.4. The van der Waals surface area contributed by atoms with Gasteiger partial charge in [-0.2, -0.15) is 11.3 Å². The second-order valence-electron chi connectivity index (χ2n) is 6.10. The largest absolute Gasteiger partial charge is 0.507 e. The lowest BCUT2D eigenvalue weighted by atomic mass is 9.97. The molecule has 3 heterocycles. The molecule has 0 bridgehead atoms. The van der Waals surface area contributed by atoms with Gasteiger partial charge < -0.3 is 15.2 Å². The van der Waals surface area contributed by atoms with Crippen LogP contribution in [-0.2, 0) is 13.0 Å². The van der Waals surface area contributed by atoms with Crippen molar-refractivity contribution in [2.24, 2.45) is 0 Å². The van der Waals surface area contributed by atoms with Crippen molar-refractivity contribution in [3.8, 4) is 5.75 Å². The van der Waals surface area contributed by atoms with Crippen molar-refractivity contribution in [3.63, 3.8) is 0 Å². The number of fused-ring (bicyclic) bond motifs is 1. The Morgan fingerprint density at radius 1 is 1.40 bits per heavy atom. The van der Waals surface area contributed by atoms with E-state index in [0.717, 1.165) is 29.9 Å². The van der Waals surface area contributed by atoms with Crippen LogP contribution in [0.2, 0.25) is 0 Å². The van der Waals surface area contributed by atoms with Gasteiger partial charge in [-0.1, -0.05) is 6.07 Å². The summed E-state index contributed by atoms with van der Waals surface area (Å²) < 4.78 is 0. The molecule has 1 aromatic carbocycles. The average Bonchev–Trinajstić information content (AvgIpc) is 3.27. The molecule has 0 fully saturated rings. The summed E-state index contributed by atoms with van der Waals surface area (Å²) in [4.78, 5) is 21.3. The van der Waals surface area contributed by atoms with Gasteiger partial charge in [0.15, 0.2) is 0 Å². The third-order valence-electron chi connectivity index (χ3n) is 4.56. The zero-order chi connectivity index (χ0) is 17.4. The second kappa shape index (κ2) is 6.34. The van der Waals surface area contributed by atoms with E-state index in [-0.39, 0.29) is 17.4 Å². The Morgan fingerprint density at radius 2 is 2.28 bits per heavy atom. The first-order valence-corrected chi connectivity index (χ1v) is 8.91. The molecule has 1 aliphatic heterocycles. The molecule has 4 rings (SSSR count). The fourth-order valence-electron chi connectivity index (χ4n) is 3.38. The Bertz CT molecular complexity index is 904. The number of thiophene rings is 1. The van der Waals surface area contributed by atoms with Gasteiger partial charge in [0, 0.05) is 25.2 Å². The maximum Gasteiger partial charge on any atom is 0.339 e. The van der Waals surface area contributed by atoms with Crippen LogP contribution in [-0.4, -0.2) is 37.6 Å². The van der Waals surface area contributed by atoms with E-state index in [4.69, 9.17) is 0 Å². The maximum atomic E-state index is 11.3. The third kappa shape index (κ3) is 2.92. The molecule has 2 aromatic heterocycles. The first-order valence-electron chi connectivity index (χ1n) is 7.97. The monoisotopic (exact) mass is 355 g/mol. The van der Waals surface area contributed by atoms with Crippen LogP contribution in [0.1, 0.15) is 38.9 Å². The molecule has 0 unspecified atom stereocenters. The zero-order valence-electron chi connectivity index (χ0n) is 13.3. The number of nitrogens with zero attached hydrogens (tertiary/aromatic N) is 2. The molecule has 3 N–H and O–H groups in total. The van der Waals surface area contributed by atoms with Gasteiger partial charge in [-0.25, -0.2) is 9.78 Å². The predicted molar refractivity (Wildman–Crippen MR) is 93.9 cm³/mol. The van der Waals surface area contributed by atoms with Gasteiger partial charge in [0.1, 0.15) is 11.3 Å². The molecule has 3 aromatic rings. The smallest absolute Gasteiger partial charge is 0.339 e. The number of H-pyrrole nitrogens is 1. The molecular weight excluding hydrogens is 338 g/mol. The highest BCUT2D eigenvalue weighted by atomic mass is 32.1. The summed E-state index contributed by atoms with van der Waals surface area (Å²) in [6.07, 6.45) is 2.61. The number of aromatic carboxylic acids is 1. The summed E-state index contributed by atoms with van der Waals surface area (Å²) in [6.45, 7) is 1.44. The zero-order valence-corrected chi connectivity index (χ0v) is 14.2. The molecule has 0 saturated carbocycles. The first kappa shape index (κ1) is 15.9. The number of carboxylic acid groups (broad SMARTS) is 1. The average molecular weight is 355 g/mol. The Kier molecular flexibility index (Phi) is 4.03. The highest BCUT2D eigenvalue weighted by Crippen LogP contribution is 2.35. The molecule has 0 amide bonds. The molecule has 0 aliphatic carbocycles. The lowest BCUT2D eigenvalue weighted by molar-refractivity contribution is 0.0693. The standard InChI is InChI=1S/C18H17N3O3S/c22-15-2-1-11(7-13(15)18(23)24)8-21-5-3-14-16(20-10-19-14)17(21)12-4-6-25-9-12/h1-2,4,6-7,9-10,17,22H,3,5,8H2,(H,19,20)(H,23,24)/t17-/m0/s1. The fourth-order valence-corrected chi connectivity index (χ4v) is 4.06. The van der Waals surface area contributed by atoms with Crippen LogP contribution in [0, 0.1) is 0 Å². The molecule has 1 aliphatic rings. The minimum atomic E-state index is -1.12. The van der Waals surface area contributed by atoms with Crippen molar-refractivity contribution in [2.75, 3.05) is 6.54 Å². The number of carboxylic acids is 1. The van der Waals surface area contributed by atoms with Crippen molar-refractivity contribution in [1.29, 1.82) is 0 Å². The van der Waals surface area contributed by atoms with Crippen molar-refractivity contribution in [1.82, 2.24) is 14.9 Å². The molecule has 0 radical (unpaired) electrons. The van der Waals surface area contributed by atoms with Crippen LogP contribution in [0.5, 0.6) is 5.75 Å². The van der Waals surface area contributed by atoms with E-state index < -0.39 is 5.97 Å². The summed E-state index contributed by atoms with van der Waals surface area (Å²) in [5.74, 6) is -1.33. The van der Waals surface area contributed by atoms with Crippen LogP contribution in [0.4, 0.5) is 0 Å². The Hall–Kier alpha value is -2.64. The molecule has 0 saturated heterocycles. The molecule has 1 atom stereocenters. The number of aromatic amines is 1. The number of imidazole rings is 1. The van der Waals surface area contributed by atoms with Gasteiger partial charge >= 0.3 is 5.97 Å². The van der Waals surface area contributed by atoms with E-state index in [2.05, 4.69) is 31.7 Å². The quantitative estimate of drug-likeness (QED) is 0.669. The molecule has 0 spiro atoms. The number of rotatable bonds is 4. The number of hydrogen-bond donors (Lipinski definition) is 3. The van der Waals surface area contributed by atoms with Gasteiger partial charge in [-0.3, -0.25) is 4.90 Å². The minimum absolute atomic E-state index is 0.0448. The van der Waals surface area contributed by atoms with Gasteiger partial charge in [0.25, 0.3) is 0 Å². The van der Waals surface area contributed by atoms with Crippen molar-refractivity contribution >= 4 is 17.3 Å². The number of aromatic nitrogens is 2. The summed E-state index contributed by atoms with van der Waals surface area (Å²) in [5, 5.41) is 23.1. The van der Waals surface area contributed by atoms with E-state index in [1.165, 1.54) is 11.6 Å². The van der Waals surface area contributed by atoms with Crippen LogP contribution >= 0.6 is 11.3 Å². The van der Waals surface area contributed by atoms with Crippen LogP contribution in [0.3, 0.4) is 0 Å². The maximum absolute atomic E-state index is 11.3. The highest BCUT2D eigenvalue weighted by Gasteiger charge is 2.31. The number of aromatic hydroxyl groups is 1. The van der Waals surface area contributed by atoms with Gasteiger partial charge in [0.2, 0.25) is 0 Å². The van der Waals surface area contributed by atoms with Gasteiger partial charge in [-0.15, -0.1) is 0 Å². The number of phenols is 1. The molecule has 7 heteroatoms. The molecular formula is C18H17N3O3S. The Labute approximate surface area is 148 Å². The molecule has 6 nitrogen and oxygen atoms in total. The number of carbonyl (C=O) groups is 1. The summed E-state index contributed by atoms with van der Waals surface area (Å²) >= 11 is 1.65. The van der Waals surface area contributed by atoms with E-state index in [1.807, 2.05) is 0 Å². The fraction of sp³-hybridized carbons (Fsp3) is 0.222. The van der Waals surface area contributed by atoms with Gasteiger partial charge in [0.05, 0.1) is 18.1 Å². The number of nitrogens with one attached hydrogen (secondary N) is 1. The van der Waals surface area contributed by atoms with Crippen molar-refractivity contribution in [3.05, 3.63) is 69.4 Å². The minimum Gasteiger partial charge on any atom is -0.507 e. The SMILES string of the molecule is O=C(O)c1cc(CN2CCc3[nH]cnc3[C@@H]2c2ccsc2)ccc1O. The van der Waals surface area contributed by atoms with Gasteiger partial charge in [-0.05, 0) is 40.1 Å². The molecule has 25 heavy (non-hydrogen) atoms. The summed E-state index contributed by atoms with van der Waals surface area (Å²) in [5.41, 5.74) is 4.16. The van der Waals surface area contributed by atoms with E-state index in [9.17, 15) is 15.0 Å². The number of hydrogen-bond acceptors (Lipinski definition) is 5. The van der Waals surface area contributed by atoms with E-state index in [0.29, 0.717) is 6.54 Å². The molecule has 128 valence electrons. The van der Waals surface area contributed by atoms with Crippen molar-refractivity contribution in [2.45, 2.75) is 19.0 Å². The topological polar surface area (TPSA) is 89.5 Å². The Balaban J connectivity index is 1.68. The van der Waals surface area contributed by atoms with Crippen LogP contribution < -0.4 is 0 Å². The second-order valence-corrected chi connectivity index (χ2v) is 6.88.